The van der Waals surface area contributed by atoms with E-state index in [2.05, 4.69) is 32.9 Å². The van der Waals surface area contributed by atoms with Crippen LogP contribution in [-0.2, 0) is 0 Å². The van der Waals surface area contributed by atoms with E-state index in [0.29, 0.717) is 12.0 Å². The summed E-state index contributed by atoms with van der Waals surface area (Å²) in [5.41, 5.74) is 0. The standard InChI is InChI=1S/C16H24O.H3P/c1-12(2)15-10-9-13(3)11-16(15)17-14-7-5-4-6-8-14;/h4-8,12-13,15-16H,9-11H2,1-3H3;1H3. The van der Waals surface area contributed by atoms with Crippen molar-refractivity contribution in [1.29, 1.82) is 0 Å². The summed E-state index contributed by atoms with van der Waals surface area (Å²) in [4.78, 5) is 0. The molecule has 1 saturated carbocycles. The van der Waals surface area contributed by atoms with Crippen LogP contribution in [-0.4, -0.2) is 6.10 Å². The SMILES string of the molecule is CC1CCC(C(C)C)C(Oc2ccccc2)C1.P. The third-order valence-electron chi connectivity index (χ3n) is 3.99. The number of ether oxygens (including phenoxy) is 1. The maximum absolute atomic E-state index is 6.20. The molecule has 1 aromatic carbocycles. The first-order valence-electron chi connectivity index (χ1n) is 6.88. The van der Waals surface area contributed by atoms with Gasteiger partial charge in [0.1, 0.15) is 11.9 Å². The predicted octanol–water partition coefficient (Wildman–Crippen LogP) is 4.58. The lowest BCUT2D eigenvalue weighted by atomic mass is 9.75. The molecule has 4 atom stereocenters. The second-order valence-corrected chi connectivity index (χ2v) is 5.80. The summed E-state index contributed by atoms with van der Waals surface area (Å²) in [5.74, 6) is 3.26. The number of para-hydroxylation sites is 1. The molecular weight excluding hydrogens is 239 g/mol. The first-order chi connectivity index (χ1) is 8.16. The molecule has 1 aliphatic carbocycles. The normalized spacial score (nSPS) is 27.7. The minimum absolute atomic E-state index is 0. The van der Waals surface area contributed by atoms with Gasteiger partial charge in [-0.15, -0.1) is 0 Å². The Bertz CT molecular complexity index is 336. The molecule has 1 fully saturated rings. The molecule has 0 spiro atoms. The van der Waals surface area contributed by atoms with Gasteiger partial charge in [-0.05, 0) is 42.7 Å². The predicted molar refractivity (Wildman–Crippen MR) is 83.3 cm³/mol. The van der Waals surface area contributed by atoms with Gasteiger partial charge in [-0.3, -0.25) is 0 Å². The molecule has 0 radical (unpaired) electrons. The van der Waals surface area contributed by atoms with E-state index in [4.69, 9.17) is 4.74 Å². The van der Waals surface area contributed by atoms with Crippen LogP contribution in [0.5, 0.6) is 5.75 Å². The van der Waals surface area contributed by atoms with Crippen molar-refractivity contribution in [3.63, 3.8) is 0 Å². The summed E-state index contributed by atoms with van der Waals surface area (Å²) in [6, 6.07) is 10.3. The molecule has 4 unspecified atom stereocenters. The van der Waals surface area contributed by atoms with Gasteiger partial charge in [0.15, 0.2) is 0 Å². The second kappa shape index (κ2) is 7.14. The Labute approximate surface area is 115 Å². The Morgan fingerprint density at radius 2 is 1.78 bits per heavy atom. The summed E-state index contributed by atoms with van der Waals surface area (Å²) < 4.78 is 6.20. The molecule has 1 aromatic rings. The maximum atomic E-state index is 6.20. The molecule has 0 saturated heterocycles. The fraction of sp³-hybridized carbons (Fsp3) is 0.625. The van der Waals surface area contributed by atoms with Gasteiger partial charge in [0, 0.05) is 0 Å². The van der Waals surface area contributed by atoms with Crippen LogP contribution < -0.4 is 4.74 Å². The average molecular weight is 266 g/mol. The topological polar surface area (TPSA) is 9.23 Å². The highest BCUT2D eigenvalue weighted by atomic mass is 31.0. The highest BCUT2D eigenvalue weighted by Crippen LogP contribution is 2.35. The summed E-state index contributed by atoms with van der Waals surface area (Å²) in [6.07, 6.45) is 4.28. The first kappa shape index (κ1) is 15.5. The Morgan fingerprint density at radius 3 is 2.39 bits per heavy atom. The van der Waals surface area contributed by atoms with Crippen LogP contribution in [0.2, 0.25) is 0 Å². The number of hydrogen-bond acceptors (Lipinski definition) is 1. The molecule has 2 heteroatoms. The Balaban J connectivity index is 0.00000162. The Kier molecular flexibility index (Phi) is 6.15. The summed E-state index contributed by atoms with van der Waals surface area (Å²) in [7, 11) is 0. The summed E-state index contributed by atoms with van der Waals surface area (Å²) in [6.45, 7) is 6.99. The average Bonchev–Trinajstić information content (AvgIpc) is 2.30. The van der Waals surface area contributed by atoms with Crippen LogP contribution in [0.1, 0.15) is 40.0 Å². The van der Waals surface area contributed by atoms with E-state index in [9.17, 15) is 0 Å². The lowest BCUT2D eigenvalue weighted by Gasteiger charge is -2.37. The van der Waals surface area contributed by atoms with Crippen LogP contribution in [0.15, 0.2) is 30.3 Å². The van der Waals surface area contributed by atoms with Gasteiger partial charge in [-0.1, -0.05) is 45.4 Å². The van der Waals surface area contributed by atoms with Gasteiger partial charge < -0.3 is 4.74 Å². The van der Waals surface area contributed by atoms with Crippen molar-refractivity contribution in [2.75, 3.05) is 0 Å². The summed E-state index contributed by atoms with van der Waals surface area (Å²) in [5, 5.41) is 0. The van der Waals surface area contributed by atoms with Crippen LogP contribution >= 0.6 is 9.90 Å². The minimum atomic E-state index is 0. The monoisotopic (exact) mass is 266 g/mol. The first-order valence-corrected chi connectivity index (χ1v) is 6.88. The molecule has 2 rings (SSSR count). The fourth-order valence-electron chi connectivity index (χ4n) is 2.92. The largest absolute Gasteiger partial charge is 0.490 e. The zero-order chi connectivity index (χ0) is 12.3. The highest BCUT2D eigenvalue weighted by molar-refractivity contribution is 6.92. The van der Waals surface area contributed by atoms with Gasteiger partial charge >= 0.3 is 0 Å². The van der Waals surface area contributed by atoms with Crippen molar-refractivity contribution in [3.8, 4) is 5.75 Å². The molecule has 0 heterocycles. The zero-order valence-electron chi connectivity index (χ0n) is 11.9. The van der Waals surface area contributed by atoms with Gasteiger partial charge in [0.2, 0.25) is 0 Å². The number of rotatable bonds is 3. The molecule has 0 aliphatic heterocycles. The van der Waals surface area contributed by atoms with Crippen molar-refractivity contribution in [3.05, 3.63) is 30.3 Å². The Morgan fingerprint density at radius 1 is 1.11 bits per heavy atom. The zero-order valence-corrected chi connectivity index (χ0v) is 13.3. The van der Waals surface area contributed by atoms with Crippen LogP contribution in [0.4, 0.5) is 0 Å². The van der Waals surface area contributed by atoms with Crippen LogP contribution in [0.3, 0.4) is 0 Å². The van der Waals surface area contributed by atoms with Gasteiger partial charge in [0.25, 0.3) is 0 Å². The quantitative estimate of drug-likeness (QED) is 0.727. The molecule has 1 nitrogen and oxygen atoms in total. The van der Waals surface area contributed by atoms with Crippen molar-refractivity contribution in [1.82, 2.24) is 0 Å². The molecular formula is C16H27OP. The Hall–Kier alpha value is -0.550. The van der Waals surface area contributed by atoms with E-state index in [1.807, 2.05) is 18.2 Å². The van der Waals surface area contributed by atoms with Gasteiger partial charge in [-0.25, -0.2) is 0 Å². The molecule has 1 aliphatic rings. The van der Waals surface area contributed by atoms with E-state index in [0.717, 1.165) is 17.6 Å². The van der Waals surface area contributed by atoms with Crippen LogP contribution in [0.25, 0.3) is 0 Å². The van der Waals surface area contributed by atoms with Gasteiger partial charge in [-0.2, -0.15) is 9.90 Å². The number of hydrogen-bond donors (Lipinski definition) is 0. The molecule has 0 amide bonds. The third kappa shape index (κ3) is 3.99. The molecule has 18 heavy (non-hydrogen) atoms. The third-order valence-corrected chi connectivity index (χ3v) is 3.99. The molecule has 0 N–H and O–H groups in total. The lowest BCUT2D eigenvalue weighted by Crippen LogP contribution is -2.36. The maximum Gasteiger partial charge on any atom is 0.119 e. The van der Waals surface area contributed by atoms with Crippen LogP contribution in [0, 0.1) is 17.8 Å². The van der Waals surface area contributed by atoms with Crippen molar-refractivity contribution >= 4 is 9.90 Å². The molecule has 0 bridgehead atoms. The van der Waals surface area contributed by atoms with E-state index in [1.54, 1.807) is 0 Å². The highest BCUT2D eigenvalue weighted by Gasteiger charge is 2.32. The lowest BCUT2D eigenvalue weighted by molar-refractivity contribution is 0.0460. The smallest absolute Gasteiger partial charge is 0.119 e. The fourth-order valence-corrected chi connectivity index (χ4v) is 2.92. The van der Waals surface area contributed by atoms with Crippen molar-refractivity contribution < 1.29 is 4.74 Å². The summed E-state index contributed by atoms with van der Waals surface area (Å²) >= 11 is 0. The van der Waals surface area contributed by atoms with E-state index >= 15 is 0 Å². The van der Waals surface area contributed by atoms with E-state index in [1.165, 1.54) is 19.3 Å². The molecule has 102 valence electrons. The van der Waals surface area contributed by atoms with Crippen molar-refractivity contribution in [2.24, 2.45) is 17.8 Å². The van der Waals surface area contributed by atoms with Crippen molar-refractivity contribution in [2.45, 2.75) is 46.1 Å². The number of benzene rings is 1. The van der Waals surface area contributed by atoms with E-state index in [-0.39, 0.29) is 9.90 Å². The van der Waals surface area contributed by atoms with E-state index < -0.39 is 0 Å². The van der Waals surface area contributed by atoms with Gasteiger partial charge in [0.05, 0.1) is 0 Å². The second-order valence-electron chi connectivity index (χ2n) is 5.80. The molecule has 0 aromatic heterocycles. The minimum Gasteiger partial charge on any atom is -0.490 e.